The Bertz CT molecular complexity index is 1100. The summed E-state index contributed by atoms with van der Waals surface area (Å²) in [5, 5.41) is 12.8. The summed E-state index contributed by atoms with van der Waals surface area (Å²) in [4.78, 5) is 51.4. The summed E-state index contributed by atoms with van der Waals surface area (Å²) in [5.41, 5.74) is 5.75. The van der Waals surface area contributed by atoms with Crippen molar-refractivity contribution in [2.75, 3.05) is 13.2 Å². The van der Waals surface area contributed by atoms with Crippen molar-refractivity contribution in [3.8, 4) is 0 Å². The molecule has 3 rings (SSSR count). The Morgan fingerprint density at radius 3 is 2.38 bits per heavy atom. The van der Waals surface area contributed by atoms with Crippen molar-refractivity contribution in [2.45, 2.75) is 31.8 Å². The number of esters is 1. The fourth-order valence-electron chi connectivity index (χ4n) is 3.73. The smallest absolute Gasteiger partial charge is 0.325 e. The number of rotatable bonds is 9. The van der Waals surface area contributed by atoms with Crippen LogP contribution in [0, 0.1) is 5.41 Å². The van der Waals surface area contributed by atoms with Gasteiger partial charge in [0.15, 0.2) is 0 Å². The molecule has 0 bridgehead atoms. The van der Waals surface area contributed by atoms with Gasteiger partial charge in [0.25, 0.3) is 5.91 Å². The first-order chi connectivity index (χ1) is 16.2. The lowest BCUT2D eigenvalue weighted by Gasteiger charge is -2.23. The number of urea groups is 1. The lowest BCUT2D eigenvalue weighted by atomic mass is 9.91. The Kier molecular flexibility index (Phi) is 7.30. The third-order valence-corrected chi connectivity index (χ3v) is 5.56. The van der Waals surface area contributed by atoms with E-state index in [0.29, 0.717) is 16.7 Å². The van der Waals surface area contributed by atoms with Gasteiger partial charge in [-0.25, -0.2) is 4.79 Å². The minimum absolute atomic E-state index is 0.0933. The SMILES string of the molecule is CCOC(=O)C[C@@H](NC(=O)CN1C(=O)N[C@](C)(c2ccc(C(=N)N)cc2)C1=O)c1ccccc1. The summed E-state index contributed by atoms with van der Waals surface area (Å²) in [7, 11) is 0. The van der Waals surface area contributed by atoms with Gasteiger partial charge < -0.3 is 21.1 Å². The van der Waals surface area contributed by atoms with Gasteiger partial charge in [0.1, 0.15) is 17.9 Å². The van der Waals surface area contributed by atoms with Gasteiger partial charge in [-0.2, -0.15) is 0 Å². The minimum Gasteiger partial charge on any atom is -0.466 e. The largest absolute Gasteiger partial charge is 0.466 e. The van der Waals surface area contributed by atoms with E-state index < -0.39 is 41.9 Å². The number of imide groups is 1. The van der Waals surface area contributed by atoms with E-state index in [9.17, 15) is 19.2 Å². The Morgan fingerprint density at radius 2 is 1.79 bits per heavy atom. The third-order valence-electron chi connectivity index (χ3n) is 5.56. The number of amides is 4. The molecular weight excluding hydrogens is 438 g/mol. The molecule has 1 fully saturated rings. The van der Waals surface area contributed by atoms with E-state index >= 15 is 0 Å². The predicted molar refractivity (Wildman–Crippen MR) is 124 cm³/mol. The Labute approximate surface area is 197 Å². The zero-order valence-electron chi connectivity index (χ0n) is 19.0. The van der Waals surface area contributed by atoms with Crippen LogP contribution in [0.15, 0.2) is 54.6 Å². The number of ether oxygens (including phenoxy) is 1. The molecule has 0 spiro atoms. The second-order valence-corrected chi connectivity index (χ2v) is 7.98. The van der Waals surface area contributed by atoms with Crippen LogP contribution < -0.4 is 16.4 Å². The van der Waals surface area contributed by atoms with Gasteiger partial charge in [-0.15, -0.1) is 0 Å². The fraction of sp³-hybridized carbons (Fsp3) is 0.292. The average Bonchev–Trinajstić information content (AvgIpc) is 3.03. The van der Waals surface area contributed by atoms with E-state index in [0.717, 1.165) is 4.90 Å². The molecule has 10 heteroatoms. The normalized spacial score (nSPS) is 18.2. The molecule has 1 aliphatic heterocycles. The molecule has 10 nitrogen and oxygen atoms in total. The predicted octanol–water partition coefficient (Wildman–Crippen LogP) is 1.55. The molecule has 178 valence electrons. The van der Waals surface area contributed by atoms with Crippen LogP contribution in [0.25, 0.3) is 0 Å². The van der Waals surface area contributed by atoms with E-state index in [1.54, 1.807) is 62.4 Å². The van der Waals surface area contributed by atoms with Crippen molar-refractivity contribution in [1.29, 1.82) is 5.41 Å². The van der Waals surface area contributed by atoms with Gasteiger partial charge in [0.05, 0.1) is 19.1 Å². The molecule has 0 radical (unpaired) electrons. The van der Waals surface area contributed by atoms with Crippen molar-refractivity contribution in [3.05, 3.63) is 71.3 Å². The lowest BCUT2D eigenvalue weighted by molar-refractivity contribution is -0.144. The first-order valence-corrected chi connectivity index (χ1v) is 10.7. The quantitative estimate of drug-likeness (QED) is 0.191. The van der Waals surface area contributed by atoms with Crippen LogP contribution in [-0.2, 0) is 24.7 Å². The summed E-state index contributed by atoms with van der Waals surface area (Å²) in [6.45, 7) is 2.93. The second-order valence-electron chi connectivity index (χ2n) is 7.98. The van der Waals surface area contributed by atoms with Gasteiger partial charge in [-0.05, 0) is 25.0 Å². The molecule has 2 aromatic rings. The zero-order valence-corrected chi connectivity index (χ0v) is 19.0. The number of carbonyl (C=O) groups excluding carboxylic acids is 4. The van der Waals surface area contributed by atoms with Crippen molar-refractivity contribution in [1.82, 2.24) is 15.5 Å². The van der Waals surface area contributed by atoms with Crippen LogP contribution in [0.2, 0.25) is 0 Å². The number of hydrogen-bond donors (Lipinski definition) is 4. The highest BCUT2D eigenvalue weighted by molar-refractivity contribution is 6.09. The van der Waals surface area contributed by atoms with Crippen LogP contribution >= 0.6 is 0 Å². The summed E-state index contributed by atoms with van der Waals surface area (Å²) >= 11 is 0. The van der Waals surface area contributed by atoms with Gasteiger partial charge in [0, 0.05) is 5.56 Å². The first kappa shape index (κ1) is 24.4. The highest BCUT2D eigenvalue weighted by Crippen LogP contribution is 2.29. The van der Waals surface area contributed by atoms with Crippen LogP contribution in [0.1, 0.15) is 43.0 Å². The number of hydrogen-bond acceptors (Lipinski definition) is 6. The Morgan fingerprint density at radius 1 is 1.15 bits per heavy atom. The molecule has 0 aromatic heterocycles. The summed E-state index contributed by atoms with van der Waals surface area (Å²) in [6.07, 6.45) is -0.0933. The summed E-state index contributed by atoms with van der Waals surface area (Å²) in [6, 6.07) is 13.9. The molecule has 4 amide bonds. The molecule has 5 N–H and O–H groups in total. The molecule has 0 unspecified atom stereocenters. The number of nitrogens with two attached hydrogens (primary N) is 1. The molecular formula is C24H27N5O5. The van der Waals surface area contributed by atoms with Crippen molar-refractivity contribution in [3.63, 3.8) is 0 Å². The summed E-state index contributed by atoms with van der Waals surface area (Å²) in [5.74, 6) is -1.79. The van der Waals surface area contributed by atoms with Crippen molar-refractivity contribution < 1.29 is 23.9 Å². The van der Waals surface area contributed by atoms with Crippen molar-refractivity contribution in [2.24, 2.45) is 5.73 Å². The van der Waals surface area contributed by atoms with Crippen molar-refractivity contribution >= 4 is 29.7 Å². The molecule has 34 heavy (non-hydrogen) atoms. The molecule has 0 aliphatic carbocycles. The van der Waals surface area contributed by atoms with Crippen LogP contribution in [-0.4, -0.2) is 47.7 Å². The summed E-state index contributed by atoms with van der Waals surface area (Å²) < 4.78 is 5.00. The maximum Gasteiger partial charge on any atom is 0.325 e. The van der Waals surface area contributed by atoms with Crippen LogP contribution in [0.5, 0.6) is 0 Å². The minimum atomic E-state index is -1.38. The highest BCUT2D eigenvalue weighted by Gasteiger charge is 2.49. The number of nitrogens with one attached hydrogen (secondary N) is 3. The second kappa shape index (κ2) is 10.2. The van der Waals surface area contributed by atoms with Crippen LogP contribution in [0.3, 0.4) is 0 Å². The maximum absolute atomic E-state index is 13.1. The van der Waals surface area contributed by atoms with Gasteiger partial charge in [0.2, 0.25) is 5.91 Å². The molecule has 2 aromatic carbocycles. The van der Waals surface area contributed by atoms with Gasteiger partial charge in [-0.1, -0.05) is 54.6 Å². The molecule has 0 saturated carbocycles. The van der Waals surface area contributed by atoms with E-state index in [1.165, 1.54) is 0 Å². The average molecular weight is 466 g/mol. The lowest BCUT2D eigenvalue weighted by Crippen LogP contribution is -2.44. The molecule has 2 atom stereocenters. The monoisotopic (exact) mass is 465 g/mol. The molecule has 1 saturated heterocycles. The maximum atomic E-state index is 13.1. The highest BCUT2D eigenvalue weighted by atomic mass is 16.5. The Hall–Kier alpha value is -4.21. The molecule has 1 heterocycles. The number of nitrogens with zero attached hydrogens (tertiary/aromatic N) is 1. The van der Waals surface area contributed by atoms with Gasteiger partial charge >= 0.3 is 12.0 Å². The van der Waals surface area contributed by atoms with Gasteiger partial charge in [-0.3, -0.25) is 24.7 Å². The molecule has 1 aliphatic rings. The van der Waals surface area contributed by atoms with E-state index in [4.69, 9.17) is 15.9 Å². The third kappa shape index (κ3) is 5.22. The number of benzene rings is 2. The first-order valence-electron chi connectivity index (χ1n) is 10.7. The topological polar surface area (TPSA) is 155 Å². The van der Waals surface area contributed by atoms with E-state index in [1.807, 2.05) is 6.07 Å². The Balaban J connectivity index is 1.74. The van der Waals surface area contributed by atoms with E-state index in [-0.39, 0.29) is 18.9 Å². The standard InChI is InChI=1S/C24H27N5O5/c1-3-34-20(31)13-18(15-7-5-4-6-8-15)27-19(30)14-29-22(32)24(2,28-23(29)33)17-11-9-16(10-12-17)21(25)26/h4-12,18H,3,13-14H2,1-2H3,(H3,25,26)(H,27,30)(H,28,33)/t18-,24-/m1/s1. The van der Waals surface area contributed by atoms with E-state index in [2.05, 4.69) is 10.6 Å². The van der Waals surface area contributed by atoms with Crippen LogP contribution in [0.4, 0.5) is 4.79 Å². The number of nitrogen functional groups attached to an aromatic ring is 1. The fourth-order valence-corrected chi connectivity index (χ4v) is 3.73. The number of amidine groups is 1. The number of carbonyl (C=O) groups is 4. The zero-order chi connectivity index (χ0) is 24.9.